The number of aromatic nitrogens is 1. The normalized spacial score (nSPS) is 15.8. The van der Waals surface area contributed by atoms with E-state index in [9.17, 15) is 24.6 Å². The molecule has 364 valence electrons. The highest BCUT2D eigenvalue weighted by Crippen LogP contribution is 2.42. The molecule has 1 aliphatic carbocycles. The fraction of sp³-hybridized carbons (Fsp3) is 0.386. The molecular formula is C57H71N5O6Si. The fourth-order valence-electron chi connectivity index (χ4n) is 9.38. The van der Waals surface area contributed by atoms with Crippen LogP contribution in [0, 0.1) is 0 Å². The summed E-state index contributed by atoms with van der Waals surface area (Å²) in [7, 11) is -0.0269. The number of fused-ring (bicyclic) bond motifs is 1. The lowest BCUT2D eigenvalue weighted by Gasteiger charge is -2.39. The van der Waals surface area contributed by atoms with Gasteiger partial charge in [0.25, 0.3) is 0 Å². The second-order valence-corrected chi connectivity index (χ2v) is 25.0. The zero-order valence-electron chi connectivity index (χ0n) is 41.3. The molecule has 0 radical (unpaired) electrons. The third-order valence-electron chi connectivity index (χ3n) is 14.3. The SMILES string of the molecule is CN(CCCc1ccccc1)C1CCC(N(C(=O)O)c2cc(CCCC(=O)Nc3ccc(CNC[C@H](O[Si](C)(C)C(C)(C)C)c4ccc(O)c5[nH]c(=O)ccc45)cc3)ccc2-c2ccccc2)CC1. The van der Waals surface area contributed by atoms with Gasteiger partial charge >= 0.3 is 6.09 Å². The van der Waals surface area contributed by atoms with Gasteiger partial charge in [-0.2, -0.15) is 0 Å². The molecule has 0 aliphatic heterocycles. The summed E-state index contributed by atoms with van der Waals surface area (Å²) in [5.74, 6) is -0.0635. The van der Waals surface area contributed by atoms with Crippen molar-refractivity contribution in [2.45, 2.75) is 121 Å². The molecule has 1 saturated carbocycles. The first-order chi connectivity index (χ1) is 33.1. The van der Waals surface area contributed by atoms with Gasteiger partial charge in [0.05, 0.1) is 17.3 Å². The second kappa shape index (κ2) is 23.0. The summed E-state index contributed by atoms with van der Waals surface area (Å²) < 4.78 is 6.96. The van der Waals surface area contributed by atoms with Crippen LogP contribution in [0.4, 0.5) is 16.2 Å². The van der Waals surface area contributed by atoms with E-state index in [-0.39, 0.29) is 34.4 Å². The van der Waals surface area contributed by atoms with Crippen molar-refractivity contribution in [1.29, 1.82) is 0 Å². The Balaban J connectivity index is 0.938. The van der Waals surface area contributed by atoms with Crippen LogP contribution in [-0.4, -0.2) is 72.6 Å². The molecule has 1 atom stereocenters. The van der Waals surface area contributed by atoms with E-state index in [4.69, 9.17) is 4.43 Å². The topological polar surface area (TPSA) is 147 Å². The maximum absolute atomic E-state index is 13.2. The number of amides is 2. The number of hydrogen-bond donors (Lipinski definition) is 5. The largest absolute Gasteiger partial charge is 0.506 e. The van der Waals surface area contributed by atoms with Crippen LogP contribution in [0.25, 0.3) is 22.0 Å². The van der Waals surface area contributed by atoms with Crippen molar-refractivity contribution in [3.63, 3.8) is 0 Å². The predicted octanol–water partition coefficient (Wildman–Crippen LogP) is 12.1. The number of H-pyrrole nitrogens is 1. The molecule has 7 rings (SSSR count). The van der Waals surface area contributed by atoms with Crippen molar-refractivity contribution in [1.82, 2.24) is 15.2 Å². The number of carbonyl (C=O) groups is 2. The van der Waals surface area contributed by atoms with Gasteiger partial charge in [-0.25, -0.2) is 4.79 Å². The van der Waals surface area contributed by atoms with Gasteiger partial charge in [0.1, 0.15) is 5.75 Å². The first-order valence-corrected chi connectivity index (χ1v) is 27.5. The average molecular weight is 950 g/mol. The number of nitrogens with zero attached hydrogens (tertiary/aromatic N) is 2. The van der Waals surface area contributed by atoms with Crippen molar-refractivity contribution >= 4 is 42.6 Å². The number of phenols is 1. The minimum absolute atomic E-state index is 0.0161. The van der Waals surface area contributed by atoms with E-state index in [2.05, 4.69) is 97.8 Å². The van der Waals surface area contributed by atoms with E-state index in [0.717, 1.165) is 78.3 Å². The number of nitrogens with one attached hydrogen (secondary N) is 3. The Labute approximate surface area is 409 Å². The molecule has 1 fully saturated rings. The highest BCUT2D eigenvalue weighted by Gasteiger charge is 2.40. The molecule has 0 unspecified atom stereocenters. The summed E-state index contributed by atoms with van der Waals surface area (Å²) in [5.41, 5.74) is 7.69. The van der Waals surface area contributed by atoms with Crippen LogP contribution in [0.5, 0.6) is 5.75 Å². The molecule has 0 bridgehead atoms. The molecule has 1 aliphatic rings. The Bertz CT molecular complexity index is 2700. The molecule has 1 heterocycles. The van der Waals surface area contributed by atoms with Gasteiger partial charge in [-0.1, -0.05) is 112 Å². The number of aryl methyl sites for hydroxylation is 2. The van der Waals surface area contributed by atoms with Gasteiger partial charge in [-0.3, -0.25) is 14.5 Å². The van der Waals surface area contributed by atoms with Crippen LogP contribution >= 0.6 is 0 Å². The molecular weight excluding hydrogens is 879 g/mol. The van der Waals surface area contributed by atoms with Crippen molar-refractivity contribution in [2.75, 3.05) is 30.4 Å². The van der Waals surface area contributed by atoms with E-state index in [0.29, 0.717) is 55.3 Å². The van der Waals surface area contributed by atoms with E-state index in [1.807, 2.05) is 72.8 Å². The molecule has 5 aromatic carbocycles. The average Bonchev–Trinajstić information content (AvgIpc) is 3.32. The number of carbonyl (C=O) groups excluding carboxylic acids is 1. The quantitative estimate of drug-likeness (QED) is 0.0475. The van der Waals surface area contributed by atoms with E-state index in [1.165, 1.54) is 11.6 Å². The number of anilines is 2. The zero-order chi connectivity index (χ0) is 49.1. The van der Waals surface area contributed by atoms with Crippen LogP contribution in [-0.2, 0) is 28.6 Å². The molecule has 6 aromatic rings. The molecule has 0 saturated heterocycles. The van der Waals surface area contributed by atoms with Crippen LogP contribution in [0.2, 0.25) is 18.1 Å². The van der Waals surface area contributed by atoms with Crippen LogP contribution in [0.15, 0.2) is 132 Å². The van der Waals surface area contributed by atoms with Gasteiger partial charge in [-0.15, -0.1) is 0 Å². The Morgan fingerprint density at radius 2 is 1.45 bits per heavy atom. The van der Waals surface area contributed by atoms with Crippen molar-refractivity contribution in [2.24, 2.45) is 0 Å². The van der Waals surface area contributed by atoms with Crippen LogP contribution in [0.3, 0.4) is 0 Å². The summed E-state index contributed by atoms with van der Waals surface area (Å²) in [4.78, 5) is 45.4. The minimum Gasteiger partial charge on any atom is -0.506 e. The molecule has 69 heavy (non-hydrogen) atoms. The van der Waals surface area contributed by atoms with Crippen molar-refractivity contribution < 1.29 is 24.2 Å². The summed E-state index contributed by atoms with van der Waals surface area (Å²) in [6, 6.07) is 41.5. The third-order valence-corrected chi connectivity index (χ3v) is 18.8. The van der Waals surface area contributed by atoms with Gasteiger partial charge in [0.2, 0.25) is 11.5 Å². The number of rotatable bonds is 20. The highest BCUT2D eigenvalue weighted by molar-refractivity contribution is 6.74. The lowest BCUT2D eigenvalue weighted by Crippen LogP contribution is -2.45. The summed E-state index contributed by atoms with van der Waals surface area (Å²) in [6.45, 7) is 13.1. The molecule has 12 heteroatoms. The Morgan fingerprint density at radius 3 is 2.13 bits per heavy atom. The molecule has 2 amide bonds. The van der Waals surface area contributed by atoms with Crippen molar-refractivity contribution in [3.05, 3.63) is 160 Å². The summed E-state index contributed by atoms with van der Waals surface area (Å²) in [5, 5.41) is 28.7. The number of aromatic hydroxyl groups is 1. The Morgan fingerprint density at radius 1 is 0.797 bits per heavy atom. The first-order valence-electron chi connectivity index (χ1n) is 24.6. The third kappa shape index (κ3) is 13.4. The number of hydrogen-bond acceptors (Lipinski definition) is 7. The highest BCUT2D eigenvalue weighted by atomic mass is 28.4. The maximum Gasteiger partial charge on any atom is 0.412 e. The lowest BCUT2D eigenvalue weighted by atomic mass is 9.88. The number of benzene rings is 5. The van der Waals surface area contributed by atoms with Gasteiger partial charge in [0, 0.05) is 54.3 Å². The monoisotopic (exact) mass is 950 g/mol. The predicted molar refractivity (Wildman–Crippen MR) is 283 cm³/mol. The number of pyridine rings is 1. The van der Waals surface area contributed by atoms with Gasteiger partial charge < -0.3 is 35.2 Å². The molecule has 0 spiro atoms. The van der Waals surface area contributed by atoms with Gasteiger partial charge in [-0.05, 0) is 141 Å². The molecule has 11 nitrogen and oxygen atoms in total. The lowest BCUT2D eigenvalue weighted by molar-refractivity contribution is -0.116. The summed E-state index contributed by atoms with van der Waals surface area (Å²) in [6.07, 6.45) is 5.93. The Kier molecular flexibility index (Phi) is 17.0. The molecule has 1 aromatic heterocycles. The second-order valence-electron chi connectivity index (χ2n) is 20.3. The number of carboxylic acid groups (broad SMARTS) is 1. The van der Waals surface area contributed by atoms with E-state index in [1.54, 1.807) is 17.0 Å². The maximum atomic E-state index is 13.2. The number of aromatic amines is 1. The van der Waals surface area contributed by atoms with E-state index < -0.39 is 14.4 Å². The standard InChI is InChI=1S/C57H71N5O6Si/c1-57(2,3)69(5,6)68-52(48-32-34-51(63)55-49(48)33-35-54(65)60-55)39-58-38-42-22-25-44(26-23-42)59-53(64)21-13-17-41-24-31-47(43-19-11-8-12-20-43)50(37-41)62(56(66)67)46-29-27-45(28-30-46)61(4)36-14-18-40-15-9-7-10-16-40/h7-12,15-16,19-20,22-26,31-35,37,45-46,52,58,63H,13-14,17-18,21,27-30,36,38-39H2,1-6H3,(H,59,64)(H,60,65)(H,66,67)/t45?,46?,52-/m0/s1. The summed E-state index contributed by atoms with van der Waals surface area (Å²) >= 11 is 0. The smallest absolute Gasteiger partial charge is 0.412 e. The minimum atomic E-state index is -2.23. The van der Waals surface area contributed by atoms with E-state index >= 15 is 0 Å². The first kappa shape index (κ1) is 50.8. The van der Waals surface area contributed by atoms with Crippen molar-refractivity contribution in [3.8, 4) is 16.9 Å². The van der Waals surface area contributed by atoms with Crippen LogP contribution < -0.4 is 21.1 Å². The van der Waals surface area contributed by atoms with Gasteiger partial charge in [0.15, 0.2) is 8.32 Å². The van der Waals surface area contributed by atoms with Crippen LogP contribution in [0.1, 0.15) is 94.1 Å². The fourth-order valence-corrected chi connectivity index (χ4v) is 10.7. The Hall–Kier alpha value is -6.05. The molecule has 5 N–H and O–H groups in total. The zero-order valence-corrected chi connectivity index (χ0v) is 42.3. The number of phenolic OH excluding ortho intramolecular Hbond substituents is 1.